The number of Topliss-reactive ketones (excluding diaryl/α,β-unsaturated/α-hetero) is 6. The highest BCUT2D eigenvalue weighted by atomic mass is 16.4. The van der Waals surface area contributed by atoms with E-state index in [4.69, 9.17) is 11.5 Å². The number of carbonyl (C=O) groups is 10. The van der Waals surface area contributed by atoms with Crippen molar-refractivity contribution in [2.45, 2.75) is 167 Å². The molecule has 0 spiro atoms. The predicted octanol–water partition coefficient (Wildman–Crippen LogP) is 2.07. The standard InChI is InChI=1S/C44H68N6O12/c1-4-27(2)36(54)16-18-41(59)49-22-8-12-34(49)39(57)24-29(10-6-20-47-44(45)46)37(55)15-14-31(52)23-30(9-5-13-42(60)61)43(62)50-26-32(53)25-35(50)38(56)17-19-40(58)48-21-7-11-33(48)28(3)51/h27,29-30,32-35,53H,4-26H2,1-3H3,(H,60,61)(H4,45,46,47). The van der Waals surface area contributed by atoms with Crippen LogP contribution in [0.15, 0.2) is 4.99 Å². The molecule has 6 N–H and O–H groups in total. The summed E-state index contributed by atoms with van der Waals surface area (Å²) in [6.07, 6.45) is 0.736. The second-order valence-electron chi connectivity index (χ2n) is 17.2. The summed E-state index contributed by atoms with van der Waals surface area (Å²) in [5.41, 5.74) is 10.9. The van der Waals surface area contributed by atoms with E-state index in [1.807, 2.05) is 13.8 Å². The number of carboxylic acids is 1. The van der Waals surface area contributed by atoms with E-state index in [1.165, 1.54) is 21.6 Å². The number of nitrogens with zero attached hydrogens (tertiary/aromatic N) is 4. The van der Waals surface area contributed by atoms with Gasteiger partial charge in [-0.25, -0.2) is 0 Å². The highest BCUT2D eigenvalue weighted by molar-refractivity contribution is 5.97. The van der Waals surface area contributed by atoms with Crippen LogP contribution in [0.4, 0.5) is 0 Å². The largest absolute Gasteiger partial charge is 0.481 e. The maximum atomic E-state index is 14.0. The van der Waals surface area contributed by atoms with Crippen molar-refractivity contribution >= 4 is 64.3 Å². The van der Waals surface area contributed by atoms with E-state index in [1.54, 1.807) is 0 Å². The molecule has 0 aromatic carbocycles. The van der Waals surface area contributed by atoms with Gasteiger partial charge in [0.15, 0.2) is 23.3 Å². The van der Waals surface area contributed by atoms with E-state index in [9.17, 15) is 58.2 Å². The number of guanidine groups is 1. The fourth-order valence-electron chi connectivity index (χ4n) is 8.83. The minimum atomic E-state index is -1.10. The number of aliphatic hydroxyl groups is 1. The lowest BCUT2D eigenvalue weighted by Crippen LogP contribution is -2.45. The second kappa shape index (κ2) is 25.3. The molecular formula is C44H68N6O12. The number of hydrogen-bond donors (Lipinski definition) is 4. The molecule has 3 rings (SSSR count). The number of carboxylic acid groups (broad SMARTS) is 1. The van der Waals surface area contributed by atoms with Crippen LogP contribution in [0.25, 0.3) is 0 Å². The third-order valence-corrected chi connectivity index (χ3v) is 12.6. The first-order valence-electron chi connectivity index (χ1n) is 22.3. The number of aliphatic carboxylic acids is 1. The lowest BCUT2D eigenvalue weighted by atomic mass is 9.86. The van der Waals surface area contributed by atoms with Crippen molar-refractivity contribution in [3.63, 3.8) is 0 Å². The zero-order valence-corrected chi connectivity index (χ0v) is 36.7. The summed E-state index contributed by atoms with van der Waals surface area (Å²) in [5, 5.41) is 19.8. The first-order valence-corrected chi connectivity index (χ1v) is 22.3. The van der Waals surface area contributed by atoms with Gasteiger partial charge in [-0.2, -0.15) is 0 Å². The number of rotatable bonds is 28. The number of ketones is 6. The first kappa shape index (κ1) is 51.5. The number of nitrogens with two attached hydrogens (primary N) is 2. The van der Waals surface area contributed by atoms with Crippen molar-refractivity contribution in [2.75, 3.05) is 26.2 Å². The zero-order chi connectivity index (χ0) is 46.1. The lowest BCUT2D eigenvalue weighted by Gasteiger charge is -2.28. The SMILES string of the molecule is CCC(C)C(=O)CCC(=O)N1CCCC1C(=O)CC(CCCN=C(N)N)C(=O)CCC(=O)CC(CCCC(=O)O)C(=O)N1CC(O)CC1C(=O)CCC(=O)N1CCCC1C(C)=O. The van der Waals surface area contributed by atoms with Gasteiger partial charge in [-0.05, 0) is 64.7 Å². The van der Waals surface area contributed by atoms with Gasteiger partial charge in [-0.1, -0.05) is 13.8 Å². The molecule has 3 saturated heterocycles. The minimum Gasteiger partial charge on any atom is -0.481 e. The average molecular weight is 873 g/mol. The zero-order valence-electron chi connectivity index (χ0n) is 36.7. The van der Waals surface area contributed by atoms with E-state index in [0.29, 0.717) is 51.6 Å². The van der Waals surface area contributed by atoms with Crippen molar-refractivity contribution in [3.05, 3.63) is 0 Å². The Morgan fingerprint density at radius 3 is 1.90 bits per heavy atom. The van der Waals surface area contributed by atoms with Crippen molar-refractivity contribution in [2.24, 2.45) is 34.2 Å². The van der Waals surface area contributed by atoms with E-state index < -0.39 is 59.5 Å². The van der Waals surface area contributed by atoms with Crippen LogP contribution in [0, 0.1) is 17.8 Å². The number of aliphatic hydroxyl groups excluding tert-OH is 1. The number of aliphatic imine (C=N–C) groups is 1. The number of likely N-dealkylation sites (tertiary alicyclic amines) is 3. The molecule has 7 atom stereocenters. The highest BCUT2D eigenvalue weighted by Gasteiger charge is 2.42. The molecule has 7 unspecified atom stereocenters. The summed E-state index contributed by atoms with van der Waals surface area (Å²) in [5.74, 6) is -6.25. The van der Waals surface area contributed by atoms with Crippen LogP contribution in [0.3, 0.4) is 0 Å². The molecule has 18 nitrogen and oxygen atoms in total. The van der Waals surface area contributed by atoms with Crippen LogP contribution < -0.4 is 11.5 Å². The number of amides is 3. The van der Waals surface area contributed by atoms with Crippen molar-refractivity contribution in [3.8, 4) is 0 Å². The molecule has 0 bridgehead atoms. The predicted molar refractivity (Wildman–Crippen MR) is 226 cm³/mol. The average Bonchev–Trinajstić information content (AvgIpc) is 4.01. The smallest absolute Gasteiger partial charge is 0.303 e. The van der Waals surface area contributed by atoms with Crippen LogP contribution >= 0.6 is 0 Å². The maximum absolute atomic E-state index is 14.0. The van der Waals surface area contributed by atoms with Gasteiger partial charge < -0.3 is 36.4 Å². The molecule has 3 heterocycles. The Morgan fingerprint density at radius 2 is 1.29 bits per heavy atom. The molecule has 0 aliphatic carbocycles. The van der Waals surface area contributed by atoms with E-state index >= 15 is 0 Å². The lowest BCUT2D eigenvalue weighted by molar-refractivity contribution is -0.144. The van der Waals surface area contributed by atoms with E-state index in [0.717, 1.165) is 0 Å². The molecule has 3 aliphatic rings. The van der Waals surface area contributed by atoms with Gasteiger partial charge in [-0.15, -0.1) is 0 Å². The second-order valence-corrected chi connectivity index (χ2v) is 17.2. The summed E-state index contributed by atoms with van der Waals surface area (Å²) in [7, 11) is 0. The number of carbonyl (C=O) groups excluding carboxylic acids is 9. The number of β-amino-alcohol motifs (C(OH)–C–C–N with tert-alkyl or cyclic N) is 1. The summed E-state index contributed by atoms with van der Waals surface area (Å²) in [4.78, 5) is 138. The molecule has 0 saturated carbocycles. The van der Waals surface area contributed by atoms with E-state index in [2.05, 4.69) is 4.99 Å². The molecule has 3 amide bonds. The summed E-state index contributed by atoms with van der Waals surface area (Å²) in [6, 6.07) is -2.34. The molecule has 3 fully saturated rings. The van der Waals surface area contributed by atoms with E-state index in [-0.39, 0.29) is 143 Å². The van der Waals surface area contributed by atoms with Gasteiger partial charge in [0, 0.05) is 108 Å². The Balaban J connectivity index is 1.67. The molecular weight excluding hydrogens is 805 g/mol. The van der Waals surface area contributed by atoms with Gasteiger partial charge in [0.2, 0.25) is 17.7 Å². The molecule has 18 heteroatoms. The van der Waals surface area contributed by atoms with Gasteiger partial charge >= 0.3 is 5.97 Å². The monoisotopic (exact) mass is 872 g/mol. The molecule has 0 radical (unpaired) electrons. The molecule has 0 aromatic rings. The van der Waals surface area contributed by atoms with Crippen LogP contribution in [0.5, 0.6) is 0 Å². The van der Waals surface area contributed by atoms with Crippen molar-refractivity contribution in [1.29, 1.82) is 0 Å². The van der Waals surface area contributed by atoms with Gasteiger partial charge in [0.05, 0.1) is 24.2 Å². The molecule has 3 aliphatic heterocycles. The molecule has 62 heavy (non-hydrogen) atoms. The normalized spacial score (nSPS) is 21.3. The van der Waals surface area contributed by atoms with Crippen LogP contribution in [0.2, 0.25) is 0 Å². The Kier molecular flexibility index (Phi) is 21.0. The van der Waals surface area contributed by atoms with Gasteiger partial charge in [0.25, 0.3) is 0 Å². The first-order chi connectivity index (χ1) is 29.3. The van der Waals surface area contributed by atoms with Crippen LogP contribution in [0.1, 0.15) is 143 Å². The Labute approximate surface area is 363 Å². The summed E-state index contributed by atoms with van der Waals surface area (Å²) >= 11 is 0. The molecule has 346 valence electrons. The molecule has 0 aromatic heterocycles. The quantitative estimate of drug-likeness (QED) is 0.0498. The third-order valence-electron chi connectivity index (χ3n) is 12.6. The Morgan fingerprint density at radius 1 is 0.694 bits per heavy atom. The van der Waals surface area contributed by atoms with Crippen LogP contribution in [-0.2, 0) is 47.9 Å². The Hall–Kier alpha value is -4.87. The topological polar surface area (TPSA) is 285 Å². The maximum Gasteiger partial charge on any atom is 0.303 e. The number of hydrogen-bond acceptors (Lipinski definition) is 12. The third kappa shape index (κ3) is 15.8. The van der Waals surface area contributed by atoms with Crippen LogP contribution in [-0.4, -0.2) is 140 Å². The van der Waals surface area contributed by atoms with Crippen molar-refractivity contribution in [1.82, 2.24) is 14.7 Å². The highest BCUT2D eigenvalue weighted by Crippen LogP contribution is 2.29. The fraction of sp³-hybridized carbons (Fsp3) is 0.750. The van der Waals surface area contributed by atoms with Crippen molar-refractivity contribution < 1.29 is 58.2 Å². The minimum absolute atomic E-state index is 0.00551. The van der Waals surface area contributed by atoms with Gasteiger partial charge in [0.1, 0.15) is 17.3 Å². The summed E-state index contributed by atoms with van der Waals surface area (Å²) in [6.45, 7) is 5.89. The fourth-order valence-corrected chi connectivity index (χ4v) is 8.83. The summed E-state index contributed by atoms with van der Waals surface area (Å²) < 4.78 is 0. The Bertz CT molecular complexity index is 1690. The van der Waals surface area contributed by atoms with Gasteiger partial charge in [-0.3, -0.25) is 52.9 Å².